The molecule has 0 aromatic carbocycles. The molecule has 3 nitrogen and oxygen atoms in total. The van der Waals surface area contributed by atoms with Gasteiger partial charge >= 0.3 is 6.03 Å². The highest BCUT2D eigenvalue weighted by Gasteiger charge is 2.21. The Bertz CT molecular complexity index is 507. The highest BCUT2D eigenvalue weighted by molar-refractivity contribution is 5.81. The van der Waals surface area contributed by atoms with Gasteiger partial charge in [-0.2, -0.15) is 0 Å². The van der Waals surface area contributed by atoms with E-state index in [4.69, 9.17) is 0 Å². The van der Waals surface area contributed by atoms with Crippen LogP contribution in [0.2, 0.25) is 0 Å². The number of rotatable bonds is 3. The third-order valence-corrected chi connectivity index (χ3v) is 3.22. The Morgan fingerprint density at radius 3 is 2.74 bits per heavy atom. The summed E-state index contributed by atoms with van der Waals surface area (Å²) in [7, 11) is 0. The molecule has 19 heavy (non-hydrogen) atoms. The molecule has 1 aliphatic carbocycles. The molecule has 0 unspecified atom stereocenters. The van der Waals surface area contributed by atoms with E-state index in [9.17, 15) is 4.79 Å². The zero-order valence-electron chi connectivity index (χ0n) is 11.5. The van der Waals surface area contributed by atoms with E-state index in [0.717, 1.165) is 29.8 Å². The van der Waals surface area contributed by atoms with E-state index in [2.05, 4.69) is 29.6 Å². The molecular weight excluding hydrogens is 236 g/mol. The first-order valence-corrected chi connectivity index (χ1v) is 6.71. The minimum Gasteiger partial charge on any atom is -0.307 e. The maximum atomic E-state index is 12.2. The number of carbonyl (C=O) groups excluding carboxylic acids is 1. The minimum absolute atomic E-state index is 0.0661. The summed E-state index contributed by atoms with van der Waals surface area (Å²) in [5.74, 6) is 0. The predicted octanol–water partition coefficient (Wildman–Crippen LogP) is 3.65. The van der Waals surface area contributed by atoms with E-state index in [-0.39, 0.29) is 6.03 Å². The van der Waals surface area contributed by atoms with E-state index < -0.39 is 0 Å². The van der Waals surface area contributed by atoms with Crippen molar-refractivity contribution in [2.24, 2.45) is 0 Å². The van der Waals surface area contributed by atoms with E-state index in [0.29, 0.717) is 6.54 Å². The van der Waals surface area contributed by atoms with E-state index >= 15 is 0 Å². The quantitative estimate of drug-likeness (QED) is 0.768. The van der Waals surface area contributed by atoms with Gasteiger partial charge in [-0.25, -0.2) is 4.79 Å². The van der Waals surface area contributed by atoms with Crippen molar-refractivity contribution in [3.05, 3.63) is 59.5 Å². The second-order valence-electron chi connectivity index (χ2n) is 4.51. The standard InChI is InChI=1S/C16H20N2O/c1-3-8-14(4-2)18-12-11-15(17-16(18)19)13-9-6-5-7-10-13/h3-4,6,8-11H,5,7,12H2,1-2H3,(H,17,19)/b8-3-,14-4+. The largest absolute Gasteiger partial charge is 0.326 e. The fourth-order valence-corrected chi connectivity index (χ4v) is 2.24. The van der Waals surface area contributed by atoms with Crippen molar-refractivity contribution in [1.29, 1.82) is 0 Å². The molecule has 0 fully saturated rings. The van der Waals surface area contributed by atoms with Crippen molar-refractivity contribution >= 4 is 6.03 Å². The molecule has 1 aliphatic heterocycles. The molecule has 0 saturated heterocycles. The summed E-state index contributed by atoms with van der Waals surface area (Å²) in [5.41, 5.74) is 2.96. The lowest BCUT2D eigenvalue weighted by Crippen LogP contribution is -2.42. The molecule has 2 rings (SSSR count). The molecule has 1 heterocycles. The lowest BCUT2D eigenvalue weighted by molar-refractivity contribution is 0.216. The number of carbonyl (C=O) groups is 1. The third kappa shape index (κ3) is 3.05. The van der Waals surface area contributed by atoms with Gasteiger partial charge in [0.05, 0.1) is 0 Å². The van der Waals surface area contributed by atoms with Crippen molar-refractivity contribution in [2.45, 2.75) is 26.7 Å². The van der Waals surface area contributed by atoms with Crippen molar-refractivity contribution in [3.63, 3.8) is 0 Å². The van der Waals surface area contributed by atoms with Gasteiger partial charge in [-0.3, -0.25) is 4.90 Å². The molecule has 100 valence electrons. The summed E-state index contributed by atoms with van der Waals surface area (Å²) in [6, 6.07) is -0.0661. The van der Waals surface area contributed by atoms with Crippen molar-refractivity contribution in [1.82, 2.24) is 10.2 Å². The van der Waals surface area contributed by atoms with E-state index in [1.165, 1.54) is 0 Å². The number of nitrogens with one attached hydrogen (secondary N) is 1. The first-order chi connectivity index (χ1) is 9.26. The van der Waals surface area contributed by atoms with Crippen LogP contribution in [-0.2, 0) is 0 Å². The van der Waals surface area contributed by atoms with Crippen LogP contribution in [0.15, 0.2) is 59.5 Å². The number of allylic oxidation sites excluding steroid dienone is 6. The van der Waals surface area contributed by atoms with Crippen LogP contribution in [0, 0.1) is 0 Å². The van der Waals surface area contributed by atoms with Gasteiger partial charge in [-0.1, -0.05) is 30.4 Å². The van der Waals surface area contributed by atoms with Gasteiger partial charge in [-0.15, -0.1) is 0 Å². The van der Waals surface area contributed by atoms with Crippen molar-refractivity contribution in [3.8, 4) is 0 Å². The second-order valence-corrected chi connectivity index (χ2v) is 4.51. The monoisotopic (exact) mass is 256 g/mol. The van der Waals surface area contributed by atoms with Gasteiger partial charge in [0.15, 0.2) is 0 Å². The number of urea groups is 1. The average molecular weight is 256 g/mol. The third-order valence-electron chi connectivity index (χ3n) is 3.22. The lowest BCUT2D eigenvalue weighted by Gasteiger charge is -2.28. The Balaban J connectivity index is 2.16. The van der Waals surface area contributed by atoms with Crippen LogP contribution in [0.3, 0.4) is 0 Å². The molecule has 3 heteroatoms. The van der Waals surface area contributed by atoms with Gasteiger partial charge in [0.25, 0.3) is 0 Å². The van der Waals surface area contributed by atoms with Gasteiger partial charge in [-0.05, 0) is 44.4 Å². The number of hydrogen-bond donors (Lipinski definition) is 1. The molecule has 0 radical (unpaired) electrons. The maximum absolute atomic E-state index is 12.2. The summed E-state index contributed by atoms with van der Waals surface area (Å²) < 4.78 is 0. The van der Waals surface area contributed by atoms with Crippen LogP contribution in [0.4, 0.5) is 4.79 Å². The zero-order valence-corrected chi connectivity index (χ0v) is 11.5. The Hall–Kier alpha value is -2.03. The molecule has 0 saturated carbocycles. The van der Waals surface area contributed by atoms with Crippen LogP contribution in [0.1, 0.15) is 26.7 Å². The average Bonchev–Trinajstić information content (AvgIpc) is 2.46. The molecule has 0 aromatic heterocycles. The Morgan fingerprint density at radius 2 is 2.16 bits per heavy atom. The maximum Gasteiger partial charge on any atom is 0.326 e. The van der Waals surface area contributed by atoms with Crippen molar-refractivity contribution in [2.75, 3.05) is 6.54 Å². The molecule has 2 aliphatic rings. The fraction of sp³-hybridized carbons (Fsp3) is 0.312. The highest BCUT2D eigenvalue weighted by atomic mass is 16.2. The lowest BCUT2D eigenvalue weighted by atomic mass is 10.0. The SMILES string of the molecule is C/C=C\C(=C/C)N1CC=C(C2=CCCC=C2)NC1=O. The molecular formula is C16H20N2O. The van der Waals surface area contributed by atoms with Gasteiger partial charge < -0.3 is 5.32 Å². The van der Waals surface area contributed by atoms with Crippen molar-refractivity contribution < 1.29 is 4.79 Å². The van der Waals surface area contributed by atoms with E-state index in [1.807, 2.05) is 32.1 Å². The Morgan fingerprint density at radius 1 is 1.32 bits per heavy atom. The van der Waals surface area contributed by atoms with Crippen LogP contribution in [0.5, 0.6) is 0 Å². The molecule has 0 bridgehead atoms. The van der Waals surface area contributed by atoms with Gasteiger partial charge in [0.1, 0.15) is 0 Å². The number of nitrogens with zero attached hydrogens (tertiary/aromatic N) is 1. The smallest absolute Gasteiger partial charge is 0.307 e. The topological polar surface area (TPSA) is 32.3 Å². The Kier molecular flexibility index (Phi) is 4.39. The molecule has 0 spiro atoms. The molecule has 2 amide bonds. The highest BCUT2D eigenvalue weighted by Crippen LogP contribution is 2.20. The van der Waals surface area contributed by atoms with Crippen LogP contribution in [-0.4, -0.2) is 17.5 Å². The summed E-state index contributed by atoms with van der Waals surface area (Å²) in [5, 5.41) is 2.96. The molecule has 0 aromatic rings. The van der Waals surface area contributed by atoms with Crippen LogP contribution < -0.4 is 5.32 Å². The first-order valence-electron chi connectivity index (χ1n) is 6.71. The van der Waals surface area contributed by atoms with Gasteiger partial charge in [0.2, 0.25) is 0 Å². The summed E-state index contributed by atoms with van der Waals surface area (Å²) in [4.78, 5) is 13.9. The Labute approximate surface area is 114 Å². The van der Waals surface area contributed by atoms with Gasteiger partial charge in [0, 0.05) is 17.9 Å². The predicted molar refractivity (Wildman–Crippen MR) is 78.3 cm³/mol. The number of hydrogen-bond acceptors (Lipinski definition) is 1. The molecule has 1 N–H and O–H groups in total. The zero-order chi connectivity index (χ0) is 13.7. The normalized spacial score (nSPS) is 20.4. The summed E-state index contributed by atoms with van der Waals surface area (Å²) in [6.07, 6.45) is 16.4. The fourth-order valence-electron chi connectivity index (χ4n) is 2.24. The van der Waals surface area contributed by atoms with Crippen LogP contribution in [0.25, 0.3) is 0 Å². The van der Waals surface area contributed by atoms with E-state index in [1.54, 1.807) is 4.90 Å². The summed E-state index contributed by atoms with van der Waals surface area (Å²) >= 11 is 0. The number of amides is 2. The minimum atomic E-state index is -0.0661. The molecule has 0 atom stereocenters. The summed E-state index contributed by atoms with van der Waals surface area (Å²) in [6.45, 7) is 4.49. The van der Waals surface area contributed by atoms with Crippen LogP contribution >= 0.6 is 0 Å². The second kappa shape index (κ2) is 6.23. The first kappa shape index (κ1) is 13.4.